The summed E-state index contributed by atoms with van der Waals surface area (Å²) in [6.45, 7) is 12.3. The SMILES string of the molecule is CC1=C[C@]23C(=O)[C@@H](C=C4COC(C)(C)O[C@H]4[C@]2(O)[C@H]1O)[C@H]1[C@@H](C[C@H]3C)C1(C)C. The van der Waals surface area contributed by atoms with E-state index in [0.29, 0.717) is 18.1 Å². The van der Waals surface area contributed by atoms with E-state index in [1.165, 1.54) is 0 Å². The van der Waals surface area contributed by atoms with Crippen LogP contribution < -0.4 is 0 Å². The molecule has 3 fully saturated rings. The number of carbonyl (C=O) groups is 1. The molecule has 5 aliphatic rings. The number of carbonyl (C=O) groups excluding carboxylic acids is 1. The summed E-state index contributed by atoms with van der Waals surface area (Å²) in [6.07, 6.45) is 2.85. The quantitative estimate of drug-likeness (QED) is 0.624. The van der Waals surface area contributed by atoms with Crippen LogP contribution in [0.25, 0.3) is 0 Å². The Morgan fingerprint density at radius 1 is 1.21 bits per heavy atom. The second-order valence-corrected chi connectivity index (χ2v) is 10.9. The van der Waals surface area contributed by atoms with Gasteiger partial charge in [-0.05, 0) is 61.5 Å². The normalized spacial score (nSPS) is 53.1. The van der Waals surface area contributed by atoms with E-state index in [-0.39, 0.29) is 29.0 Å². The molecular formula is C23H32O5. The standard InChI is InChI=1S/C23H32O5/c1-11-9-22-12(2)7-15-16(20(15,3)4)14(18(22)25)8-13-10-27-21(5,6)28-19(13)23(22,26)17(11)24/h8-9,12,14-17,19,24,26H,7,10H2,1-6H3/t12-,14+,15-,16+,17+,19-,22+,23-/m1/s1. The Balaban J connectivity index is 1.77. The first-order chi connectivity index (χ1) is 12.9. The molecule has 0 aromatic carbocycles. The van der Waals surface area contributed by atoms with Gasteiger partial charge in [-0.2, -0.15) is 0 Å². The van der Waals surface area contributed by atoms with Gasteiger partial charge in [0, 0.05) is 5.92 Å². The van der Waals surface area contributed by atoms with E-state index in [4.69, 9.17) is 9.47 Å². The smallest absolute Gasteiger partial charge is 0.164 e. The average molecular weight is 389 g/mol. The van der Waals surface area contributed by atoms with Crippen molar-refractivity contribution in [1.82, 2.24) is 0 Å². The van der Waals surface area contributed by atoms with E-state index in [1.54, 1.807) is 0 Å². The van der Waals surface area contributed by atoms with Gasteiger partial charge in [0.2, 0.25) is 0 Å². The molecule has 1 spiro atoms. The number of rotatable bonds is 0. The number of Topliss-reactive ketones (excluding diaryl/α,β-unsaturated/α-hetero) is 1. The maximum absolute atomic E-state index is 14.1. The summed E-state index contributed by atoms with van der Waals surface area (Å²) < 4.78 is 12.1. The van der Waals surface area contributed by atoms with Crippen LogP contribution in [0.5, 0.6) is 0 Å². The number of aliphatic hydroxyl groups is 2. The van der Waals surface area contributed by atoms with Crippen LogP contribution in [0, 0.1) is 34.5 Å². The van der Waals surface area contributed by atoms with Crippen molar-refractivity contribution in [1.29, 1.82) is 0 Å². The zero-order valence-electron chi connectivity index (χ0n) is 17.7. The first-order valence-corrected chi connectivity index (χ1v) is 10.5. The summed E-state index contributed by atoms with van der Waals surface area (Å²) in [7, 11) is 0. The lowest BCUT2D eigenvalue weighted by atomic mass is 9.59. The first kappa shape index (κ1) is 19.0. The molecule has 0 radical (unpaired) electrons. The fraction of sp³-hybridized carbons (Fsp3) is 0.783. The highest BCUT2D eigenvalue weighted by Crippen LogP contribution is 2.72. The minimum absolute atomic E-state index is 0.0415. The zero-order chi connectivity index (χ0) is 20.4. The number of allylic oxidation sites excluding steroid dienone is 1. The average Bonchev–Trinajstić information content (AvgIpc) is 3.10. The topological polar surface area (TPSA) is 76.0 Å². The largest absolute Gasteiger partial charge is 0.386 e. The fourth-order valence-electron chi connectivity index (χ4n) is 7.14. The Morgan fingerprint density at radius 3 is 2.57 bits per heavy atom. The molecule has 1 aliphatic heterocycles. The number of hydrogen-bond acceptors (Lipinski definition) is 5. The molecule has 154 valence electrons. The molecule has 5 heteroatoms. The Kier molecular flexibility index (Phi) is 3.51. The molecule has 4 aliphatic carbocycles. The van der Waals surface area contributed by atoms with Gasteiger partial charge in [-0.1, -0.05) is 32.9 Å². The van der Waals surface area contributed by atoms with Crippen molar-refractivity contribution >= 4 is 5.78 Å². The summed E-state index contributed by atoms with van der Waals surface area (Å²) in [5.74, 6) is -0.504. The van der Waals surface area contributed by atoms with Crippen molar-refractivity contribution in [3.05, 3.63) is 23.3 Å². The van der Waals surface area contributed by atoms with Gasteiger partial charge < -0.3 is 19.7 Å². The second kappa shape index (κ2) is 5.18. The summed E-state index contributed by atoms with van der Waals surface area (Å²) in [4.78, 5) is 14.1. The number of hydrogen-bond donors (Lipinski definition) is 2. The van der Waals surface area contributed by atoms with Crippen LogP contribution in [-0.4, -0.2) is 46.2 Å². The molecule has 0 aromatic rings. The van der Waals surface area contributed by atoms with Crippen LogP contribution in [0.1, 0.15) is 48.0 Å². The van der Waals surface area contributed by atoms with E-state index in [0.717, 1.165) is 12.0 Å². The molecule has 0 unspecified atom stereocenters. The zero-order valence-corrected chi connectivity index (χ0v) is 17.7. The van der Waals surface area contributed by atoms with Crippen molar-refractivity contribution in [2.75, 3.05) is 6.61 Å². The molecule has 0 aromatic heterocycles. The highest BCUT2D eigenvalue weighted by atomic mass is 16.7. The molecular weight excluding hydrogens is 356 g/mol. The van der Waals surface area contributed by atoms with Crippen molar-refractivity contribution in [2.24, 2.45) is 34.5 Å². The van der Waals surface area contributed by atoms with Gasteiger partial charge in [0.25, 0.3) is 0 Å². The van der Waals surface area contributed by atoms with Crippen molar-refractivity contribution < 1.29 is 24.5 Å². The van der Waals surface area contributed by atoms with E-state index < -0.39 is 29.0 Å². The molecule has 2 saturated carbocycles. The summed E-state index contributed by atoms with van der Waals surface area (Å²) in [5.41, 5.74) is -1.29. The molecule has 2 bridgehead atoms. The van der Waals surface area contributed by atoms with Crippen LogP contribution >= 0.6 is 0 Å². The Hall–Kier alpha value is -1.01. The molecule has 2 N–H and O–H groups in total. The number of ketones is 1. The maximum Gasteiger partial charge on any atom is 0.164 e. The van der Waals surface area contributed by atoms with Crippen LogP contribution in [0.4, 0.5) is 0 Å². The van der Waals surface area contributed by atoms with Gasteiger partial charge in [0.1, 0.15) is 17.8 Å². The van der Waals surface area contributed by atoms with Crippen LogP contribution in [-0.2, 0) is 14.3 Å². The number of fused-ring (bicyclic) bond motifs is 5. The minimum Gasteiger partial charge on any atom is -0.386 e. The molecule has 1 saturated heterocycles. The van der Waals surface area contributed by atoms with Gasteiger partial charge in [-0.25, -0.2) is 0 Å². The lowest BCUT2D eigenvalue weighted by Gasteiger charge is -2.52. The van der Waals surface area contributed by atoms with Gasteiger partial charge in [-0.15, -0.1) is 0 Å². The lowest BCUT2D eigenvalue weighted by molar-refractivity contribution is -0.303. The third-order valence-corrected chi connectivity index (χ3v) is 8.71. The van der Waals surface area contributed by atoms with Gasteiger partial charge in [-0.3, -0.25) is 4.79 Å². The van der Waals surface area contributed by atoms with E-state index in [9.17, 15) is 15.0 Å². The lowest BCUT2D eigenvalue weighted by Crippen LogP contribution is -2.67. The molecule has 0 amide bonds. The molecule has 8 atom stereocenters. The van der Waals surface area contributed by atoms with Gasteiger partial charge >= 0.3 is 0 Å². The Bertz CT molecular complexity index is 823. The number of ether oxygens (including phenoxy) is 2. The van der Waals surface area contributed by atoms with Crippen LogP contribution in [0.3, 0.4) is 0 Å². The third-order valence-electron chi connectivity index (χ3n) is 8.71. The summed E-state index contributed by atoms with van der Waals surface area (Å²) >= 11 is 0. The molecule has 5 nitrogen and oxygen atoms in total. The predicted octanol–water partition coefficient (Wildman–Crippen LogP) is 2.61. The van der Waals surface area contributed by atoms with Crippen LogP contribution in [0.15, 0.2) is 23.3 Å². The van der Waals surface area contributed by atoms with Crippen molar-refractivity contribution in [2.45, 2.75) is 71.6 Å². The van der Waals surface area contributed by atoms with Crippen molar-refractivity contribution in [3.8, 4) is 0 Å². The second-order valence-electron chi connectivity index (χ2n) is 10.9. The van der Waals surface area contributed by atoms with Crippen molar-refractivity contribution in [3.63, 3.8) is 0 Å². The predicted molar refractivity (Wildman–Crippen MR) is 103 cm³/mol. The fourth-order valence-corrected chi connectivity index (χ4v) is 7.14. The highest BCUT2D eigenvalue weighted by molar-refractivity contribution is 5.95. The maximum atomic E-state index is 14.1. The van der Waals surface area contributed by atoms with Crippen LogP contribution in [0.2, 0.25) is 0 Å². The van der Waals surface area contributed by atoms with Gasteiger partial charge in [0.15, 0.2) is 11.6 Å². The molecule has 5 rings (SSSR count). The van der Waals surface area contributed by atoms with E-state index in [2.05, 4.69) is 20.8 Å². The monoisotopic (exact) mass is 388 g/mol. The minimum atomic E-state index is -1.71. The third kappa shape index (κ3) is 1.95. The van der Waals surface area contributed by atoms with E-state index >= 15 is 0 Å². The highest BCUT2D eigenvalue weighted by Gasteiger charge is 2.76. The summed E-state index contributed by atoms with van der Waals surface area (Å²) in [5, 5.41) is 23.4. The summed E-state index contributed by atoms with van der Waals surface area (Å²) in [6, 6.07) is 0. The Labute approximate surface area is 166 Å². The van der Waals surface area contributed by atoms with Gasteiger partial charge in [0.05, 0.1) is 12.0 Å². The molecule has 28 heavy (non-hydrogen) atoms. The Morgan fingerprint density at radius 2 is 1.89 bits per heavy atom. The number of aliphatic hydroxyl groups excluding tert-OH is 1. The van der Waals surface area contributed by atoms with E-state index in [1.807, 2.05) is 32.9 Å². The first-order valence-electron chi connectivity index (χ1n) is 10.5. The molecule has 1 heterocycles.